The summed E-state index contributed by atoms with van der Waals surface area (Å²) in [6.45, 7) is 3.76. The Hall–Kier alpha value is -2.86. The van der Waals surface area contributed by atoms with Crippen LogP contribution in [0.15, 0.2) is 42.5 Å². The highest BCUT2D eigenvalue weighted by atomic mass is 35.5. The molecule has 0 aromatic heterocycles. The molecule has 0 aliphatic carbocycles. The number of aromatic carboxylic acids is 1. The monoisotopic (exact) mass is 417 g/mol. The summed E-state index contributed by atoms with van der Waals surface area (Å²) in [7, 11) is 1.52. The maximum atomic E-state index is 12.7. The molecule has 2 rings (SSSR count). The Morgan fingerprint density at radius 3 is 2.21 bits per heavy atom. The quantitative estimate of drug-likeness (QED) is 0.601. The van der Waals surface area contributed by atoms with Crippen molar-refractivity contribution >= 4 is 29.3 Å². The Morgan fingerprint density at radius 1 is 1.07 bits per heavy atom. The zero-order valence-electron chi connectivity index (χ0n) is 16.6. The van der Waals surface area contributed by atoms with Gasteiger partial charge in [0, 0.05) is 24.9 Å². The molecule has 0 radical (unpaired) electrons. The summed E-state index contributed by atoms with van der Waals surface area (Å²) >= 11 is 6.21. The molecule has 1 amide bonds. The number of ketones is 1. The SMILES string of the molecule is CNC(=O)C(CC(=O)c1ccc(OC(C)C)c(Cl)c1)Cc1ccc(C(=O)O)cc1. The molecule has 1 atom stereocenters. The lowest BCUT2D eigenvalue weighted by Crippen LogP contribution is -2.30. The lowest BCUT2D eigenvalue weighted by Gasteiger charge is -2.16. The molecule has 7 heteroatoms. The molecule has 0 saturated carbocycles. The minimum absolute atomic E-state index is 0.00106. The lowest BCUT2D eigenvalue weighted by atomic mass is 9.91. The molecule has 0 fully saturated rings. The summed E-state index contributed by atoms with van der Waals surface area (Å²) in [5.74, 6) is -1.57. The van der Waals surface area contributed by atoms with Gasteiger partial charge in [-0.3, -0.25) is 9.59 Å². The predicted octanol–water partition coefficient (Wildman–Crippen LogP) is 4.00. The van der Waals surface area contributed by atoms with Crippen LogP contribution < -0.4 is 10.1 Å². The van der Waals surface area contributed by atoms with E-state index in [4.69, 9.17) is 21.4 Å². The molecule has 0 aliphatic heterocycles. The van der Waals surface area contributed by atoms with E-state index in [-0.39, 0.29) is 29.8 Å². The first-order chi connectivity index (χ1) is 13.7. The number of nitrogens with one attached hydrogen (secondary N) is 1. The van der Waals surface area contributed by atoms with Crippen LogP contribution in [-0.2, 0) is 11.2 Å². The van der Waals surface area contributed by atoms with Gasteiger partial charge in [0.15, 0.2) is 5.78 Å². The van der Waals surface area contributed by atoms with Gasteiger partial charge in [-0.1, -0.05) is 23.7 Å². The maximum absolute atomic E-state index is 12.7. The van der Waals surface area contributed by atoms with Crippen molar-refractivity contribution in [1.29, 1.82) is 0 Å². The van der Waals surface area contributed by atoms with Crippen molar-refractivity contribution in [3.8, 4) is 5.75 Å². The fourth-order valence-corrected chi connectivity index (χ4v) is 3.12. The summed E-state index contributed by atoms with van der Waals surface area (Å²) in [6, 6.07) is 11.1. The molecule has 0 spiro atoms. The third-order valence-electron chi connectivity index (χ3n) is 4.35. The van der Waals surface area contributed by atoms with Gasteiger partial charge < -0.3 is 15.2 Å². The lowest BCUT2D eigenvalue weighted by molar-refractivity contribution is -0.124. The van der Waals surface area contributed by atoms with Gasteiger partial charge in [0.25, 0.3) is 0 Å². The predicted molar refractivity (Wildman–Crippen MR) is 111 cm³/mol. The zero-order valence-corrected chi connectivity index (χ0v) is 17.3. The van der Waals surface area contributed by atoms with E-state index in [1.807, 2.05) is 13.8 Å². The van der Waals surface area contributed by atoms with E-state index in [1.54, 1.807) is 30.3 Å². The first-order valence-electron chi connectivity index (χ1n) is 9.24. The van der Waals surface area contributed by atoms with Crippen molar-refractivity contribution in [2.75, 3.05) is 7.05 Å². The van der Waals surface area contributed by atoms with Gasteiger partial charge >= 0.3 is 5.97 Å². The number of carboxylic acids is 1. The van der Waals surface area contributed by atoms with Gasteiger partial charge in [0.1, 0.15) is 5.75 Å². The summed E-state index contributed by atoms with van der Waals surface area (Å²) in [5.41, 5.74) is 1.34. The summed E-state index contributed by atoms with van der Waals surface area (Å²) in [4.78, 5) is 36.0. The summed E-state index contributed by atoms with van der Waals surface area (Å²) in [6.07, 6.45) is 0.272. The molecule has 154 valence electrons. The largest absolute Gasteiger partial charge is 0.489 e. The van der Waals surface area contributed by atoms with E-state index in [1.165, 1.54) is 19.2 Å². The highest BCUT2D eigenvalue weighted by molar-refractivity contribution is 6.32. The Morgan fingerprint density at radius 2 is 1.69 bits per heavy atom. The third-order valence-corrected chi connectivity index (χ3v) is 4.64. The number of amides is 1. The van der Waals surface area contributed by atoms with Crippen LogP contribution in [0.5, 0.6) is 5.75 Å². The number of carboxylic acid groups (broad SMARTS) is 1. The molecule has 2 aromatic carbocycles. The summed E-state index contributed by atoms with van der Waals surface area (Å²) in [5, 5.41) is 11.9. The fourth-order valence-electron chi connectivity index (χ4n) is 2.90. The number of carbonyl (C=O) groups is 3. The van der Waals surface area contributed by atoms with Gasteiger partial charge in [0.2, 0.25) is 5.91 Å². The van der Waals surface area contributed by atoms with Crippen molar-refractivity contribution in [3.05, 3.63) is 64.2 Å². The zero-order chi connectivity index (χ0) is 21.6. The number of ether oxygens (including phenoxy) is 1. The first-order valence-corrected chi connectivity index (χ1v) is 9.62. The number of carbonyl (C=O) groups excluding carboxylic acids is 2. The normalized spacial score (nSPS) is 11.8. The number of rotatable bonds is 9. The standard InChI is InChI=1S/C22H24ClNO5/c1-13(2)29-20-9-8-16(11-18(20)23)19(25)12-17(21(26)24-3)10-14-4-6-15(7-5-14)22(27)28/h4-9,11,13,17H,10,12H2,1-3H3,(H,24,26)(H,27,28). The Bertz CT molecular complexity index is 893. The van der Waals surface area contributed by atoms with Crippen LogP contribution in [0.1, 0.15) is 46.5 Å². The molecular formula is C22H24ClNO5. The van der Waals surface area contributed by atoms with Crippen LogP contribution in [-0.4, -0.2) is 35.9 Å². The van der Waals surface area contributed by atoms with Gasteiger partial charge in [-0.15, -0.1) is 0 Å². The number of hydrogen-bond donors (Lipinski definition) is 2. The van der Waals surface area contributed by atoms with Crippen LogP contribution in [0.25, 0.3) is 0 Å². The summed E-state index contributed by atoms with van der Waals surface area (Å²) < 4.78 is 5.57. The van der Waals surface area contributed by atoms with Crippen LogP contribution in [0.3, 0.4) is 0 Å². The molecule has 0 saturated heterocycles. The number of hydrogen-bond acceptors (Lipinski definition) is 4. The topological polar surface area (TPSA) is 92.7 Å². The molecule has 2 aromatic rings. The fraction of sp³-hybridized carbons (Fsp3) is 0.318. The third kappa shape index (κ3) is 6.32. The van der Waals surface area contributed by atoms with Gasteiger partial charge in [-0.05, 0) is 56.2 Å². The number of benzene rings is 2. The van der Waals surface area contributed by atoms with E-state index >= 15 is 0 Å². The van der Waals surface area contributed by atoms with Crippen molar-refractivity contribution in [2.45, 2.75) is 32.8 Å². The molecule has 1 unspecified atom stereocenters. The van der Waals surface area contributed by atoms with Crippen LogP contribution in [0.2, 0.25) is 5.02 Å². The average molecular weight is 418 g/mol. The average Bonchev–Trinajstić information content (AvgIpc) is 2.68. The number of halogens is 1. The Balaban J connectivity index is 2.15. The van der Waals surface area contributed by atoms with E-state index in [0.29, 0.717) is 22.8 Å². The molecule has 6 nitrogen and oxygen atoms in total. The second-order valence-electron chi connectivity index (χ2n) is 6.96. The second kappa shape index (κ2) is 10.1. The highest BCUT2D eigenvalue weighted by Crippen LogP contribution is 2.27. The molecule has 0 aliphatic rings. The van der Waals surface area contributed by atoms with Gasteiger partial charge in [-0.25, -0.2) is 4.79 Å². The van der Waals surface area contributed by atoms with Crippen molar-refractivity contribution in [2.24, 2.45) is 5.92 Å². The second-order valence-corrected chi connectivity index (χ2v) is 7.36. The molecule has 29 heavy (non-hydrogen) atoms. The van der Waals surface area contributed by atoms with Gasteiger partial charge in [0.05, 0.1) is 16.7 Å². The Labute approximate surface area is 174 Å². The van der Waals surface area contributed by atoms with Crippen LogP contribution in [0, 0.1) is 5.92 Å². The first kappa shape index (κ1) is 22.4. The van der Waals surface area contributed by atoms with E-state index in [9.17, 15) is 14.4 Å². The maximum Gasteiger partial charge on any atom is 0.335 e. The van der Waals surface area contributed by atoms with Crippen molar-refractivity contribution in [3.63, 3.8) is 0 Å². The van der Waals surface area contributed by atoms with Crippen LogP contribution in [0.4, 0.5) is 0 Å². The molecular weight excluding hydrogens is 394 g/mol. The van der Waals surface area contributed by atoms with E-state index in [2.05, 4.69) is 5.32 Å². The Kier molecular flexibility index (Phi) is 7.79. The van der Waals surface area contributed by atoms with E-state index in [0.717, 1.165) is 5.56 Å². The minimum Gasteiger partial charge on any atom is -0.489 e. The molecule has 2 N–H and O–H groups in total. The van der Waals surface area contributed by atoms with Crippen LogP contribution >= 0.6 is 11.6 Å². The van der Waals surface area contributed by atoms with Gasteiger partial charge in [-0.2, -0.15) is 0 Å². The smallest absolute Gasteiger partial charge is 0.335 e. The van der Waals surface area contributed by atoms with Crippen molar-refractivity contribution < 1.29 is 24.2 Å². The van der Waals surface area contributed by atoms with Crippen molar-refractivity contribution in [1.82, 2.24) is 5.32 Å². The molecule has 0 heterocycles. The number of Topliss-reactive ketones (excluding diaryl/α,β-unsaturated/α-hetero) is 1. The minimum atomic E-state index is -1.02. The van der Waals surface area contributed by atoms with E-state index < -0.39 is 11.9 Å². The highest BCUT2D eigenvalue weighted by Gasteiger charge is 2.23. The molecule has 0 bridgehead atoms.